The monoisotopic (exact) mass is 319 g/mol. The maximum atomic E-state index is 12.3. The Hall–Kier alpha value is -1.17. The molecule has 1 aromatic carbocycles. The predicted octanol–water partition coefficient (Wildman–Crippen LogP) is 3.18. The Labute approximate surface area is 112 Å². The molecule has 0 spiro atoms. The lowest BCUT2D eigenvalue weighted by molar-refractivity contribution is -0.119. The number of rotatable bonds is 3. The summed E-state index contributed by atoms with van der Waals surface area (Å²) in [6.45, 7) is -2.38. The van der Waals surface area contributed by atoms with Crippen LogP contribution in [0.2, 0.25) is 0 Å². The molecule has 1 aromatic rings. The van der Waals surface area contributed by atoms with E-state index in [1.807, 2.05) is 0 Å². The molecule has 0 aromatic heterocycles. The van der Waals surface area contributed by atoms with Gasteiger partial charge in [-0.3, -0.25) is 4.79 Å². The van der Waals surface area contributed by atoms with Gasteiger partial charge in [0.2, 0.25) is 5.91 Å². The van der Waals surface area contributed by atoms with E-state index < -0.39 is 6.61 Å². The third-order valence-electron chi connectivity index (χ3n) is 2.75. The molecule has 1 atom stereocenters. The van der Waals surface area contributed by atoms with Crippen molar-refractivity contribution in [2.45, 2.75) is 24.3 Å². The summed E-state index contributed by atoms with van der Waals surface area (Å²) in [6.07, 6.45) is 1.58. The molecule has 1 amide bonds. The second kappa shape index (κ2) is 5.65. The highest BCUT2D eigenvalue weighted by Crippen LogP contribution is 2.33. The van der Waals surface area contributed by atoms with Gasteiger partial charge in [0.25, 0.3) is 0 Å². The number of carbonyl (C=O) groups is 1. The fourth-order valence-electron chi connectivity index (χ4n) is 1.95. The first kappa shape index (κ1) is 13.3. The van der Waals surface area contributed by atoms with Crippen LogP contribution in [0, 0.1) is 0 Å². The van der Waals surface area contributed by atoms with E-state index in [1.165, 1.54) is 11.0 Å². The van der Waals surface area contributed by atoms with Crippen molar-refractivity contribution in [3.05, 3.63) is 24.3 Å². The molecule has 0 bridgehead atoms. The van der Waals surface area contributed by atoms with Gasteiger partial charge in [-0.15, -0.1) is 0 Å². The summed E-state index contributed by atoms with van der Waals surface area (Å²) in [4.78, 5) is 13.2. The summed E-state index contributed by atoms with van der Waals surface area (Å²) in [5.74, 6) is -0.0889. The first-order valence-corrected chi connectivity index (χ1v) is 6.50. The van der Waals surface area contributed by atoms with Gasteiger partial charge in [-0.05, 0) is 25.0 Å². The van der Waals surface area contributed by atoms with Gasteiger partial charge in [0.1, 0.15) is 5.75 Å². The lowest BCUT2D eigenvalue weighted by atomic mass is 10.1. The highest BCUT2D eigenvalue weighted by atomic mass is 79.9. The summed E-state index contributed by atoms with van der Waals surface area (Å²) >= 11 is 3.29. The number of piperidine rings is 1. The number of benzene rings is 1. The molecule has 3 nitrogen and oxygen atoms in total. The molecule has 1 fully saturated rings. The van der Waals surface area contributed by atoms with Crippen molar-refractivity contribution in [1.29, 1.82) is 0 Å². The Balaban J connectivity index is 2.29. The normalized spacial score (nSPS) is 20.3. The lowest BCUT2D eigenvalue weighted by Crippen LogP contribution is -2.42. The van der Waals surface area contributed by atoms with Gasteiger partial charge in [0.15, 0.2) is 0 Å². The van der Waals surface area contributed by atoms with Gasteiger partial charge in [-0.1, -0.05) is 28.1 Å². The first-order valence-electron chi connectivity index (χ1n) is 5.59. The van der Waals surface area contributed by atoms with Crippen LogP contribution >= 0.6 is 15.9 Å². The Bertz CT molecular complexity index is 442. The minimum atomic E-state index is -2.90. The SMILES string of the molecule is O=C1C(Br)CCCN1c1ccccc1OC(F)F. The molecule has 1 saturated heterocycles. The van der Waals surface area contributed by atoms with Gasteiger partial charge in [0, 0.05) is 6.54 Å². The lowest BCUT2D eigenvalue weighted by Gasteiger charge is -2.30. The zero-order chi connectivity index (χ0) is 13.1. The number of anilines is 1. The average Bonchev–Trinajstić information content (AvgIpc) is 2.33. The molecular formula is C12H12BrF2NO2. The maximum Gasteiger partial charge on any atom is 0.387 e. The summed E-state index contributed by atoms with van der Waals surface area (Å²) in [7, 11) is 0. The second-order valence-corrected chi connectivity index (χ2v) is 5.05. The van der Waals surface area contributed by atoms with E-state index >= 15 is 0 Å². The molecule has 1 unspecified atom stereocenters. The van der Waals surface area contributed by atoms with Crippen molar-refractivity contribution in [2.75, 3.05) is 11.4 Å². The molecule has 0 saturated carbocycles. The topological polar surface area (TPSA) is 29.5 Å². The van der Waals surface area contributed by atoms with Gasteiger partial charge in [-0.25, -0.2) is 0 Å². The quantitative estimate of drug-likeness (QED) is 0.801. The molecular weight excluding hydrogens is 308 g/mol. The van der Waals surface area contributed by atoms with E-state index in [1.54, 1.807) is 18.2 Å². The van der Waals surface area contributed by atoms with Crippen LogP contribution in [0.3, 0.4) is 0 Å². The fraction of sp³-hybridized carbons (Fsp3) is 0.417. The Morgan fingerprint density at radius 2 is 2.11 bits per heavy atom. The number of hydrogen-bond donors (Lipinski definition) is 0. The minimum absolute atomic E-state index is 0.0300. The number of halogens is 3. The second-order valence-electron chi connectivity index (χ2n) is 3.95. The molecule has 0 N–H and O–H groups in total. The van der Waals surface area contributed by atoms with Crippen molar-refractivity contribution < 1.29 is 18.3 Å². The van der Waals surface area contributed by atoms with Crippen molar-refractivity contribution in [2.24, 2.45) is 0 Å². The summed E-state index contributed by atoms with van der Waals surface area (Å²) in [5.41, 5.74) is 0.395. The van der Waals surface area contributed by atoms with Crippen LogP contribution in [0.15, 0.2) is 24.3 Å². The third kappa shape index (κ3) is 2.80. The zero-order valence-electron chi connectivity index (χ0n) is 9.48. The van der Waals surface area contributed by atoms with Crippen LogP contribution < -0.4 is 9.64 Å². The molecule has 1 heterocycles. The molecule has 2 rings (SSSR count). The summed E-state index contributed by atoms with van der Waals surface area (Å²) in [6, 6.07) is 6.34. The van der Waals surface area contributed by atoms with Crippen molar-refractivity contribution in [3.63, 3.8) is 0 Å². The van der Waals surface area contributed by atoms with Crippen LogP contribution in [0.1, 0.15) is 12.8 Å². The Morgan fingerprint density at radius 3 is 2.83 bits per heavy atom. The van der Waals surface area contributed by atoms with E-state index in [4.69, 9.17) is 0 Å². The number of para-hydroxylation sites is 2. The van der Waals surface area contributed by atoms with Crippen LogP contribution in [0.25, 0.3) is 0 Å². The van der Waals surface area contributed by atoms with E-state index in [0.717, 1.165) is 12.8 Å². The number of ether oxygens (including phenoxy) is 1. The number of carbonyl (C=O) groups excluding carboxylic acids is 1. The highest BCUT2D eigenvalue weighted by Gasteiger charge is 2.29. The van der Waals surface area contributed by atoms with Crippen LogP contribution in [-0.4, -0.2) is 23.9 Å². The molecule has 1 aliphatic rings. The molecule has 1 aliphatic heterocycles. The molecule has 18 heavy (non-hydrogen) atoms. The van der Waals surface area contributed by atoms with Crippen LogP contribution in [0.5, 0.6) is 5.75 Å². The number of alkyl halides is 3. The molecule has 0 radical (unpaired) electrons. The zero-order valence-corrected chi connectivity index (χ0v) is 11.1. The standard InChI is InChI=1S/C12H12BrF2NO2/c13-8-4-3-7-16(11(8)17)9-5-1-2-6-10(9)18-12(14)15/h1-2,5-6,8,12H,3-4,7H2. The van der Waals surface area contributed by atoms with Gasteiger partial charge < -0.3 is 9.64 Å². The summed E-state index contributed by atoms with van der Waals surface area (Å²) < 4.78 is 29.1. The number of hydrogen-bond acceptors (Lipinski definition) is 2. The maximum absolute atomic E-state index is 12.3. The van der Waals surface area contributed by atoms with Crippen molar-refractivity contribution >= 4 is 27.5 Å². The van der Waals surface area contributed by atoms with Gasteiger partial charge in [0.05, 0.1) is 10.5 Å². The smallest absolute Gasteiger partial charge is 0.387 e. The average molecular weight is 320 g/mol. The minimum Gasteiger partial charge on any atom is -0.433 e. The molecule has 0 aliphatic carbocycles. The van der Waals surface area contributed by atoms with Crippen LogP contribution in [-0.2, 0) is 4.79 Å². The van der Waals surface area contributed by atoms with Crippen LogP contribution in [0.4, 0.5) is 14.5 Å². The van der Waals surface area contributed by atoms with E-state index in [2.05, 4.69) is 20.7 Å². The van der Waals surface area contributed by atoms with Crippen molar-refractivity contribution in [3.8, 4) is 5.75 Å². The molecule has 98 valence electrons. The van der Waals surface area contributed by atoms with Crippen molar-refractivity contribution in [1.82, 2.24) is 0 Å². The highest BCUT2D eigenvalue weighted by molar-refractivity contribution is 9.10. The number of nitrogens with zero attached hydrogens (tertiary/aromatic N) is 1. The van der Waals surface area contributed by atoms with E-state index in [-0.39, 0.29) is 16.5 Å². The van der Waals surface area contributed by atoms with Gasteiger partial charge in [-0.2, -0.15) is 8.78 Å². The summed E-state index contributed by atoms with van der Waals surface area (Å²) in [5, 5.41) is 0. The first-order chi connectivity index (χ1) is 8.59. The Morgan fingerprint density at radius 1 is 1.39 bits per heavy atom. The number of amides is 1. The van der Waals surface area contributed by atoms with Gasteiger partial charge >= 0.3 is 6.61 Å². The van der Waals surface area contributed by atoms with E-state index in [0.29, 0.717) is 12.2 Å². The molecule has 6 heteroatoms. The largest absolute Gasteiger partial charge is 0.433 e. The fourth-order valence-corrected chi connectivity index (χ4v) is 2.52. The predicted molar refractivity (Wildman–Crippen MR) is 67.4 cm³/mol. The van der Waals surface area contributed by atoms with E-state index in [9.17, 15) is 13.6 Å². The third-order valence-corrected chi connectivity index (χ3v) is 3.59. The Kier molecular flexibility index (Phi) is 4.16.